The van der Waals surface area contributed by atoms with Gasteiger partial charge in [0.15, 0.2) is 0 Å². The van der Waals surface area contributed by atoms with Crippen LogP contribution in [-0.4, -0.2) is 109 Å². The number of nitrogens with zero attached hydrogens (tertiary/aromatic N) is 4. The van der Waals surface area contributed by atoms with E-state index in [0.29, 0.717) is 50.3 Å². The van der Waals surface area contributed by atoms with Crippen LogP contribution in [0.5, 0.6) is 0 Å². The lowest BCUT2D eigenvalue weighted by Gasteiger charge is -2.55. The molecule has 1 spiro atoms. The van der Waals surface area contributed by atoms with Crippen molar-refractivity contribution in [2.75, 3.05) is 63.8 Å². The van der Waals surface area contributed by atoms with E-state index in [1.807, 2.05) is 9.80 Å². The Labute approximate surface area is 234 Å². The van der Waals surface area contributed by atoms with Gasteiger partial charge in [0.1, 0.15) is 0 Å². The average Bonchev–Trinajstić information content (AvgIpc) is 2.85. The van der Waals surface area contributed by atoms with Crippen molar-refractivity contribution < 1.29 is 58.9 Å². The molecule has 0 aliphatic carbocycles. The normalized spacial score (nSPS) is 20.6. The van der Waals surface area contributed by atoms with Crippen LogP contribution in [0.15, 0.2) is 18.2 Å². The van der Waals surface area contributed by atoms with Crippen molar-refractivity contribution in [3.05, 3.63) is 29.3 Å². The van der Waals surface area contributed by atoms with E-state index in [0.717, 1.165) is 17.0 Å². The van der Waals surface area contributed by atoms with Crippen molar-refractivity contribution in [1.29, 1.82) is 0 Å². The number of carbonyl (C=O) groups excluding carboxylic acids is 1. The van der Waals surface area contributed by atoms with Crippen LogP contribution in [-0.2, 0) is 22.3 Å². The molecule has 3 heterocycles. The zero-order valence-corrected chi connectivity index (χ0v) is 22.2. The minimum atomic E-state index is -5.83. The van der Waals surface area contributed by atoms with E-state index in [-0.39, 0.29) is 44.7 Å². The Morgan fingerprint density at radius 1 is 0.857 bits per heavy atom. The van der Waals surface area contributed by atoms with Crippen molar-refractivity contribution >= 4 is 17.7 Å². The van der Waals surface area contributed by atoms with Gasteiger partial charge in [-0.2, -0.15) is 39.5 Å². The number of ether oxygens (including phenoxy) is 1. The summed E-state index contributed by atoms with van der Waals surface area (Å²) in [5, 5.41) is 9.00. The third kappa shape index (κ3) is 7.51. The lowest BCUT2D eigenvalue weighted by molar-refractivity contribution is -0.308. The van der Waals surface area contributed by atoms with Gasteiger partial charge in [-0.3, -0.25) is 14.6 Å². The molecule has 3 saturated heterocycles. The molecule has 42 heavy (non-hydrogen) atoms. The lowest BCUT2D eigenvalue weighted by atomic mass is 9.71. The van der Waals surface area contributed by atoms with Crippen LogP contribution in [0.2, 0.25) is 0 Å². The molecule has 0 atom stereocenters. The summed E-state index contributed by atoms with van der Waals surface area (Å²) in [6.07, 6.45) is -20.9. The number of anilines is 1. The highest BCUT2D eigenvalue weighted by Crippen LogP contribution is 2.45. The van der Waals surface area contributed by atoms with E-state index in [2.05, 4.69) is 4.74 Å². The quantitative estimate of drug-likeness (QED) is 0.472. The monoisotopic (exact) mass is 620 g/mol. The second-order valence-corrected chi connectivity index (χ2v) is 11.0. The second-order valence-electron chi connectivity index (χ2n) is 11.0. The van der Waals surface area contributed by atoms with Gasteiger partial charge in [-0.05, 0) is 43.6 Å². The summed E-state index contributed by atoms with van der Waals surface area (Å²) < 4.78 is 121. The maximum absolute atomic E-state index is 13.5. The first-order valence-electron chi connectivity index (χ1n) is 13.1. The number of carboxylic acids is 1. The molecule has 236 valence electrons. The number of amides is 1. The van der Waals surface area contributed by atoms with Gasteiger partial charge in [-0.15, -0.1) is 0 Å². The van der Waals surface area contributed by atoms with Crippen LogP contribution in [0, 0.1) is 5.41 Å². The number of likely N-dealkylation sites (tertiary alicyclic amines) is 1. The molecule has 3 aliphatic heterocycles. The lowest BCUT2D eigenvalue weighted by Crippen LogP contribution is -2.61. The second kappa shape index (κ2) is 11.6. The van der Waals surface area contributed by atoms with Crippen molar-refractivity contribution in [2.24, 2.45) is 5.41 Å². The SMILES string of the molecule is O=C(O)CN1CCC2(CC1)CN(c1cc(C(F)(F)F)ccc1CN1CCN(C(=O)OC(C(F)(F)F)C(F)(F)F)CC1)C2. The number of hydrogen-bond acceptors (Lipinski definition) is 6. The highest BCUT2D eigenvalue weighted by Gasteiger charge is 2.60. The summed E-state index contributed by atoms with van der Waals surface area (Å²) in [5.41, 5.74) is -0.0678. The van der Waals surface area contributed by atoms with Crippen LogP contribution in [0.3, 0.4) is 0 Å². The average molecular weight is 621 g/mol. The molecule has 8 nitrogen and oxygen atoms in total. The van der Waals surface area contributed by atoms with Gasteiger partial charge in [0, 0.05) is 56.9 Å². The largest absolute Gasteiger partial charge is 0.480 e. The van der Waals surface area contributed by atoms with Crippen LogP contribution in [0.25, 0.3) is 0 Å². The summed E-state index contributed by atoms with van der Waals surface area (Å²) in [7, 11) is 0. The van der Waals surface area contributed by atoms with Gasteiger partial charge >= 0.3 is 30.6 Å². The number of hydrogen-bond donors (Lipinski definition) is 1. The van der Waals surface area contributed by atoms with Gasteiger partial charge in [-0.1, -0.05) is 6.07 Å². The fraction of sp³-hybridized carbons (Fsp3) is 0.680. The molecule has 0 bridgehead atoms. The molecule has 0 unspecified atom stereocenters. The molecule has 0 saturated carbocycles. The van der Waals surface area contributed by atoms with Crippen molar-refractivity contribution in [3.8, 4) is 0 Å². The molecular weight excluding hydrogens is 591 g/mol. The molecular formula is C25H29F9N4O4. The van der Waals surface area contributed by atoms with E-state index in [1.165, 1.54) is 6.07 Å². The summed E-state index contributed by atoms with van der Waals surface area (Å²) >= 11 is 0. The molecule has 1 aromatic rings. The van der Waals surface area contributed by atoms with Crippen molar-refractivity contribution in [1.82, 2.24) is 14.7 Å². The fourth-order valence-corrected chi connectivity index (χ4v) is 5.62. The highest BCUT2D eigenvalue weighted by atomic mass is 19.4. The van der Waals surface area contributed by atoms with E-state index in [9.17, 15) is 49.1 Å². The molecule has 1 amide bonds. The Kier molecular flexibility index (Phi) is 8.84. The maximum Gasteiger partial charge on any atom is 0.434 e. The first kappa shape index (κ1) is 32.0. The first-order valence-corrected chi connectivity index (χ1v) is 13.1. The number of rotatable bonds is 6. The number of alkyl halides is 9. The third-order valence-electron chi connectivity index (χ3n) is 7.92. The predicted molar refractivity (Wildman–Crippen MR) is 129 cm³/mol. The first-order chi connectivity index (χ1) is 19.4. The van der Waals surface area contributed by atoms with Crippen LogP contribution in [0.1, 0.15) is 24.0 Å². The molecule has 3 aliphatic rings. The number of aliphatic carboxylic acids is 1. The summed E-state index contributed by atoms with van der Waals surface area (Å²) in [6, 6.07) is 3.35. The molecule has 1 N–H and O–H groups in total. The molecule has 3 fully saturated rings. The van der Waals surface area contributed by atoms with Crippen molar-refractivity contribution in [2.45, 2.75) is 44.0 Å². The highest BCUT2D eigenvalue weighted by molar-refractivity contribution is 5.69. The third-order valence-corrected chi connectivity index (χ3v) is 7.92. The number of halogens is 9. The summed E-state index contributed by atoms with van der Waals surface area (Å²) in [4.78, 5) is 29.1. The van der Waals surface area contributed by atoms with Crippen LogP contribution in [0.4, 0.5) is 50.0 Å². The molecule has 4 rings (SSSR count). The zero-order chi connectivity index (χ0) is 31.1. The molecule has 17 heteroatoms. The summed E-state index contributed by atoms with van der Waals surface area (Å²) in [5.74, 6) is -0.931. The number of piperidine rings is 1. The Balaban J connectivity index is 1.39. The molecule has 0 aromatic heterocycles. The van der Waals surface area contributed by atoms with Gasteiger partial charge in [0.05, 0.1) is 12.1 Å². The van der Waals surface area contributed by atoms with Gasteiger partial charge in [0.2, 0.25) is 0 Å². The number of carbonyl (C=O) groups is 2. The number of benzene rings is 1. The van der Waals surface area contributed by atoms with Gasteiger partial charge in [-0.25, -0.2) is 4.79 Å². The van der Waals surface area contributed by atoms with Crippen LogP contribution < -0.4 is 4.90 Å². The van der Waals surface area contributed by atoms with E-state index in [1.54, 1.807) is 4.90 Å². The Hall–Kier alpha value is -2.95. The van der Waals surface area contributed by atoms with Crippen molar-refractivity contribution in [3.63, 3.8) is 0 Å². The maximum atomic E-state index is 13.5. The number of piperazine rings is 1. The minimum absolute atomic E-state index is 0.0433. The smallest absolute Gasteiger partial charge is 0.434 e. The van der Waals surface area contributed by atoms with Gasteiger partial charge in [0.25, 0.3) is 6.10 Å². The predicted octanol–water partition coefficient (Wildman–Crippen LogP) is 4.44. The summed E-state index contributed by atoms with van der Waals surface area (Å²) in [6.45, 7) is 1.78. The van der Waals surface area contributed by atoms with E-state index >= 15 is 0 Å². The Bertz CT molecular complexity index is 1120. The molecule has 0 radical (unpaired) electrons. The van der Waals surface area contributed by atoms with E-state index in [4.69, 9.17) is 5.11 Å². The fourth-order valence-electron chi connectivity index (χ4n) is 5.62. The molecule has 1 aromatic carbocycles. The Morgan fingerprint density at radius 2 is 1.43 bits per heavy atom. The minimum Gasteiger partial charge on any atom is -0.480 e. The number of carboxylic acid groups (broad SMARTS) is 1. The zero-order valence-electron chi connectivity index (χ0n) is 22.2. The van der Waals surface area contributed by atoms with Gasteiger partial charge < -0.3 is 19.6 Å². The van der Waals surface area contributed by atoms with E-state index < -0.39 is 42.3 Å². The standard InChI is InChI=1S/C25H29F9N4O4/c26-23(27,28)17-2-1-16(18(11-17)38-14-22(15-38)3-5-35(6-4-22)13-19(39)40)12-36-7-9-37(10-8-36)21(41)42-20(24(29,30)31)25(32,33)34/h1-2,11,20H,3-10,12-15H2,(H,39,40). The van der Waals surface area contributed by atoms with Crippen LogP contribution >= 0.6 is 0 Å². The topological polar surface area (TPSA) is 76.6 Å². The Morgan fingerprint density at radius 3 is 1.93 bits per heavy atom.